The fourth-order valence-corrected chi connectivity index (χ4v) is 1.51. The van der Waals surface area contributed by atoms with E-state index in [4.69, 9.17) is 0 Å². The van der Waals surface area contributed by atoms with Crippen molar-refractivity contribution in [2.75, 3.05) is 0 Å². The van der Waals surface area contributed by atoms with Crippen molar-refractivity contribution in [3.05, 3.63) is 29.7 Å². The van der Waals surface area contributed by atoms with Gasteiger partial charge < -0.3 is 0 Å². The smallest absolute Gasteiger partial charge is 0.118 e. The Hall–Kier alpha value is -0.980. The number of hydrogen-bond acceptors (Lipinski definition) is 0. The van der Waals surface area contributed by atoms with Crippen molar-refractivity contribution in [2.45, 2.75) is 27.7 Å². The van der Waals surface area contributed by atoms with Crippen molar-refractivity contribution in [2.24, 2.45) is 11.8 Å². The second-order valence-electron chi connectivity index (χ2n) is 4.09. The molecule has 0 aromatic heterocycles. The lowest BCUT2D eigenvalue weighted by Gasteiger charge is -2.12. The summed E-state index contributed by atoms with van der Waals surface area (Å²) in [6, 6.07) is 0. The van der Waals surface area contributed by atoms with E-state index in [-0.39, 0.29) is 0 Å². The highest BCUT2D eigenvalue weighted by Crippen LogP contribution is 2.24. The van der Waals surface area contributed by atoms with Crippen LogP contribution in [0.4, 0.5) is 0 Å². The number of hydrogen-bond donors (Lipinski definition) is 0. The summed E-state index contributed by atoms with van der Waals surface area (Å²) in [6.45, 7) is 8.39. The molecule has 0 amide bonds. The van der Waals surface area contributed by atoms with Gasteiger partial charge in [-0.1, -0.05) is 0 Å². The van der Waals surface area contributed by atoms with Crippen LogP contribution in [0.5, 0.6) is 0 Å². The predicted octanol–water partition coefficient (Wildman–Crippen LogP) is 2.61. The molecule has 0 aromatic rings. The predicted molar refractivity (Wildman–Crippen MR) is 57.3 cm³/mol. The third-order valence-electron chi connectivity index (χ3n) is 2.34. The SMILES string of the molecule is CC(C)C1=C[CH+]C=C(C(C)C)C1=[N]. The monoisotopic (exact) mass is 175 g/mol. The van der Waals surface area contributed by atoms with E-state index in [1.807, 2.05) is 18.6 Å². The maximum Gasteiger partial charge on any atom is 0.200 e. The Bertz CT molecular complexity index is 241. The average Bonchev–Trinajstić information content (AvgIpc) is 2.03. The van der Waals surface area contributed by atoms with E-state index in [2.05, 4.69) is 27.7 Å². The fraction of sp³-hybridized carbons (Fsp3) is 0.500. The molecule has 0 aromatic carbocycles. The molecule has 0 aliphatic heterocycles. The third-order valence-corrected chi connectivity index (χ3v) is 2.34. The number of nitrogens with zero attached hydrogens (tertiary/aromatic N) is 1. The molecule has 1 nitrogen and oxygen atoms in total. The van der Waals surface area contributed by atoms with Gasteiger partial charge in [-0.25, -0.2) is 0 Å². The molecule has 1 heteroatoms. The van der Waals surface area contributed by atoms with E-state index in [0.29, 0.717) is 17.5 Å². The molecule has 1 aliphatic carbocycles. The molecular weight excluding hydrogens is 158 g/mol. The van der Waals surface area contributed by atoms with Crippen LogP contribution < -0.4 is 5.41 Å². The summed E-state index contributed by atoms with van der Waals surface area (Å²) in [5.41, 5.74) is 2.57. The Morgan fingerprint density at radius 3 is 1.69 bits per heavy atom. The average molecular weight is 175 g/mol. The molecule has 0 saturated carbocycles. The third kappa shape index (κ3) is 2.03. The van der Waals surface area contributed by atoms with Crippen molar-refractivity contribution in [1.29, 1.82) is 0 Å². The molecule has 0 fully saturated rings. The highest BCUT2D eigenvalue weighted by molar-refractivity contribution is 6.12. The van der Waals surface area contributed by atoms with Gasteiger partial charge in [0.05, 0.1) is 23.3 Å². The molecule has 0 N–H and O–H groups in total. The molecule has 13 heavy (non-hydrogen) atoms. The van der Waals surface area contributed by atoms with Gasteiger partial charge in [-0.15, -0.1) is 5.41 Å². The normalized spacial score (nSPS) is 17.2. The van der Waals surface area contributed by atoms with E-state index in [9.17, 15) is 5.41 Å². The van der Waals surface area contributed by atoms with Gasteiger partial charge in [-0.05, 0) is 27.7 Å². The highest BCUT2D eigenvalue weighted by Gasteiger charge is 2.27. The van der Waals surface area contributed by atoms with Gasteiger partial charge in [0.2, 0.25) is 0 Å². The van der Waals surface area contributed by atoms with Crippen LogP contribution in [0.25, 0.3) is 0 Å². The van der Waals surface area contributed by atoms with Crippen molar-refractivity contribution in [3.63, 3.8) is 0 Å². The van der Waals surface area contributed by atoms with Crippen LogP contribution in [0.15, 0.2) is 23.3 Å². The maximum atomic E-state index is 9.93. The quantitative estimate of drug-likeness (QED) is 0.576. The van der Waals surface area contributed by atoms with Crippen LogP contribution in [0, 0.1) is 18.3 Å². The molecular formula is C12H17N+. The van der Waals surface area contributed by atoms with Crippen molar-refractivity contribution in [3.8, 4) is 0 Å². The summed E-state index contributed by atoms with van der Waals surface area (Å²) >= 11 is 0. The summed E-state index contributed by atoms with van der Waals surface area (Å²) in [7, 11) is 0. The van der Waals surface area contributed by atoms with Gasteiger partial charge >= 0.3 is 0 Å². The first-order chi connectivity index (χ1) is 6.04. The summed E-state index contributed by atoms with van der Waals surface area (Å²) in [5, 5.41) is 9.93. The zero-order valence-electron chi connectivity index (χ0n) is 8.83. The van der Waals surface area contributed by atoms with Crippen LogP contribution in [0.1, 0.15) is 27.7 Å². The van der Waals surface area contributed by atoms with E-state index < -0.39 is 0 Å². The maximum absolute atomic E-state index is 9.93. The van der Waals surface area contributed by atoms with Gasteiger partial charge in [0.15, 0.2) is 5.71 Å². The first kappa shape index (κ1) is 10.1. The molecule has 1 radical (unpaired) electrons. The van der Waals surface area contributed by atoms with Crippen molar-refractivity contribution < 1.29 is 0 Å². The van der Waals surface area contributed by atoms with E-state index in [1.54, 1.807) is 0 Å². The highest BCUT2D eigenvalue weighted by atomic mass is 14.5. The van der Waals surface area contributed by atoms with Crippen LogP contribution in [-0.4, -0.2) is 5.71 Å². The number of allylic oxidation sites excluding steroid dienone is 4. The van der Waals surface area contributed by atoms with Crippen molar-refractivity contribution in [1.82, 2.24) is 5.41 Å². The minimum atomic E-state index is 0.388. The standard InChI is InChI=1S/C12H17N/c1-8(2)10-6-5-7-11(9(3)4)12(10)13/h5-9H,1-4H3/q+1. The molecule has 0 atom stereocenters. The van der Waals surface area contributed by atoms with Crippen LogP contribution in [0.2, 0.25) is 0 Å². The lowest BCUT2D eigenvalue weighted by Crippen LogP contribution is -2.18. The zero-order chi connectivity index (χ0) is 10.0. The van der Waals surface area contributed by atoms with Gasteiger partial charge in [0.25, 0.3) is 0 Å². The van der Waals surface area contributed by atoms with Gasteiger partial charge in [0.1, 0.15) is 0 Å². The first-order valence-corrected chi connectivity index (χ1v) is 4.85. The largest absolute Gasteiger partial charge is 0.200 e. The van der Waals surface area contributed by atoms with Gasteiger partial charge in [-0.2, -0.15) is 0 Å². The number of rotatable bonds is 2. The molecule has 0 unspecified atom stereocenters. The van der Waals surface area contributed by atoms with E-state index >= 15 is 0 Å². The summed E-state index contributed by atoms with van der Waals surface area (Å²) in [4.78, 5) is 0. The molecule has 1 rings (SSSR count). The minimum Gasteiger partial charge on any atom is -0.118 e. The van der Waals surface area contributed by atoms with E-state index in [1.165, 1.54) is 0 Å². The summed E-state index contributed by atoms with van der Waals surface area (Å²) in [6.07, 6.45) is 6.00. The Morgan fingerprint density at radius 1 is 1.00 bits per heavy atom. The van der Waals surface area contributed by atoms with Crippen LogP contribution >= 0.6 is 0 Å². The van der Waals surface area contributed by atoms with Gasteiger partial charge in [0, 0.05) is 18.3 Å². The Labute approximate surface area is 81.1 Å². The molecule has 1 aliphatic rings. The fourth-order valence-electron chi connectivity index (χ4n) is 1.51. The topological polar surface area (TPSA) is 22.3 Å². The van der Waals surface area contributed by atoms with Crippen LogP contribution in [0.3, 0.4) is 0 Å². The molecule has 0 heterocycles. The first-order valence-electron chi connectivity index (χ1n) is 4.85. The van der Waals surface area contributed by atoms with E-state index in [0.717, 1.165) is 11.1 Å². The van der Waals surface area contributed by atoms with Gasteiger partial charge in [-0.3, -0.25) is 0 Å². The lowest BCUT2D eigenvalue weighted by molar-refractivity contribution is 0.772. The molecule has 69 valence electrons. The lowest BCUT2D eigenvalue weighted by atomic mass is 9.84. The molecule has 0 bridgehead atoms. The Kier molecular flexibility index (Phi) is 2.97. The summed E-state index contributed by atoms with van der Waals surface area (Å²) in [5.74, 6) is 0.775. The second kappa shape index (κ2) is 3.82. The Balaban J connectivity index is 2.87. The summed E-state index contributed by atoms with van der Waals surface area (Å²) < 4.78 is 0. The molecule has 0 saturated heterocycles. The molecule has 0 spiro atoms. The van der Waals surface area contributed by atoms with Crippen molar-refractivity contribution >= 4 is 5.71 Å². The minimum absolute atomic E-state index is 0.388. The Morgan fingerprint density at radius 2 is 1.38 bits per heavy atom. The second-order valence-corrected chi connectivity index (χ2v) is 4.09. The van der Waals surface area contributed by atoms with Crippen LogP contribution in [-0.2, 0) is 0 Å². The zero-order valence-corrected chi connectivity index (χ0v) is 8.83.